The van der Waals surface area contributed by atoms with E-state index in [2.05, 4.69) is 5.32 Å². The fourth-order valence-corrected chi connectivity index (χ4v) is 4.97. The summed E-state index contributed by atoms with van der Waals surface area (Å²) in [4.78, 5) is 29.2. The summed E-state index contributed by atoms with van der Waals surface area (Å²) in [5.41, 5.74) is 1.86. The Bertz CT molecular complexity index is 1180. The lowest BCUT2D eigenvalue weighted by molar-refractivity contribution is -0.143. The van der Waals surface area contributed by atoms with Crippen molar-refractivity contribution in [3.05, 3.63) is 95.0 Å². The molecule has 0 unspecified atom stereocenters. The number of carbonyl (C=O) groups excluding carboxylic acids is 2. The highest BCUT2D eigenvalue weighted by Gasteiger charge is 2.32. The highest BCUT2D eigenvalue weighted by molar-refractivity contribution is 6.30. The van der Waals surface area contributed by atoms with Gasteiger partial charge >= 0.3 is 0 Å². The Morgan fingerprint density at radius 1 is 0.895 bits per heavy atom. The fraction of sp³-hybridized carbons (Fsp3) is 0.355. The zero-order chi connectivity index (χ0) is 26.7. The predicted molar refractivity (Wildman–Crippen MR) is 149 cm³/mol. The second kappa shape index (κ2) is 13.9. The first-order valence-electron chi connectivity index (χ1n) is 13.2. The van der Waals surface area contributed by atoms with Crippen molar-refractivity contribution in [3.63, 3.8) is 0 Å². The number of ether oxygens (including phenoxy) is 2. The Hall–Kier alpha value is -3.51. The molecule has 0 aliphatic heterocycles. The minimum atomic E-state index is -0.705. The molecular weight excluding hydrogens is 500 g/mol. The minimum Gasteiger partial charge on any atom is -0.493 e. The van der Waals surface area contributed by atoms with E-state index in [-0.39, 0.29) is 31.0 Å². The van der Waals surface area contributed by atoms with E-state index in [4.69, 9.17) is 21.1 Å². The van der Waals surface area contributed by atoms with Crippen LogP contribution in [0.25, 0.3) is 0 Å². The molecule has 1 N–H and O–H groups in total. The second-order valence-corrected chi connectivity index (χ2v) is 10.1. The molecule has 0 bridgehead atoms. The summed E-state index contributed by atoms with van der Waals surface area (Å²) in [6.45, 7) is 0.0246. The lowest BCUT2D eigenvalue weighted by Crippen LogP contribution is -2.53. The number of benzene rings is 3. The lowest BCUT2D eigenvalue weighted by Gasteiger charge is -2.33. The summed E-state index contributed by atoms with van der Waals surface area (Å²) in [5.74, 6) is 0.590. The molecule has 7 heteroatoms. The zero-order valence-electron chi connectivity index (χ0n) is 21.8. The Morgan fingerprint density at radius 3 is 2.24 bits per heavy atom. The summed E-state index contributed by atoms with van der Waals surface area (Å²) in [6, 6.07) is 23.8. The number of nitrogens with zero attached hydrogens (tertiary/aromatic N) is 1. The van der Waals surface area contributed by atoms with Crippen LogP contribution < -0.4 is 14.8 Å². The van der Waals surface area contributed by atoms with Gasteiger partial charge in [-0.3, -0.25) is 9.59 Å². The van der Waals surface area contributed by atoms with Gasteiger partial charge in [0.1, 0.15) is 6.04 Å². The van der Waals surface area contributed by atoms with Crippen LogP contribution in [0.1, 0.15) is 43.2 Å². The van der Waals surface area contributed by atoms with Gasteiger partial charge in [0.05, 0.1) is 7.11 Å². The normalized spacial score (nSPS) is 14.4. The van der Waals surface area contributed by atoms with Gasteiger partial charge in [-0.25, -0.2) is 0 Å². The minimum absolute atomic E-state index is 0.131. The molecule has 1 fully saturated rings. The van der Waals surface area contributed by atoms with Crippen molar-refractivity contribution in [2.75, 3.05) is 13.7 Å². The van der Waals surface area contributed by atoms with Crippen LogP contribution in [0.5, 0.6) is 11.5 Å². The van der Waals surface area contributed by atoms with Crippen molar-refractivity contribution in [3.8, 4) is 11.5 Å². The van der Waals surface area contributed by atoms with Gasteiger partial charge in [0.25, 0.3) is 5.91 Å². The fourth-order valence-electron chi connectivity index (χ4n) is 4.85. The average molecular weight is 535 g/mol. The van der Waals surface area contributed by atoms with Crippen LogP contribution >= 0.6 is 11.6 Å². The monoisotopic (exact) mass is 534 g/mol. The quantitative estimate of drug-likeness (QED) is 0.337. The first-order chi connectivity index (χ1) is 18.5. The Labute approximate surface area is 229 Å². The van der Waals surface area contributed by atoms with Gasteiger partial charge in [-0.15, -0.1) is 0 Å². The number of rotatable bonds is 11. The molecule has 6 nitrogen and oxygen atoms in total. The van der Waals surface area contributed by atoms with E-state index in [1.165, 1.54) is 6.42 Å². The first-order valence-corrected chi connectivity index (χ1v) is 13.6. The summed E-state index contributed by atoms with van der Waals surface area (Å²) in [5, 5.41) is 3.86. The van der Waals surface area contributed by atoms with Crippen LogP contribution in [0.4, 0.5) is 0 Å². The van der Waals surface area contributed by atoms with Crippen LogP contribution in [0.15, 0.2) is 78.9 Å². The van der Waals surface area contributed by atoms with Crippen molar-refractivity contribution in [1.82, 2.24) is 10.2 Å². The molecule has 1 aliphatic carbocycles. The molecule has 0 heterocycles. The lowest BCUT2D eigenvalue weighted by atomic mass is 9.94. The SMILES string of the molecule is COc1ccccc1OCC(=O)N(Cc1ccc(Cl)cc1)[C@H](Cc1ccccc1)C(=O)NC1CCCCC1. The van der Waals surface area contributed by atoms with Gasteiger partial charge in [-0.2, -0.15) is 0 Å². The number of nitrogens with one attached hydrogen (secondary N) is 1. The number of hydrogen-bond acceptors (Lipinski definition) is 4. The Kier molecular flexibility index (Phi) is 10.0. The number of hydrogen-bond donors (Lipinski definition) is 1. The van der Waals surface area contributed by atoms with E-state index in [0.717, 1.165) is 36.8 Å². The van der Waals surface area contributed by atoms with E-state index < -0.39 is 6.04 Å². The van der Waals surface area contributed by atoms with Crippen LogP contribution in [-0.4, -0.2) is 42.5 Å². The van der Waals surface area contributed by atoms with Crippen molar-refractivity contribution in [2.24, 2.45) is 0 Å². The van der Waals surface area contributed by atoms with Crippen molar-refractivity contribution in [2.45, 2.75) is 57.2 Å². The molecule has 0 aromatic heterocycles. The highest BCUT2D eigenvalue weighted by Crippen LogP contribution is 2.26. The van der Waals surface area contributed by atoms with Gasteiger partial charge in [0, 0.05) is 24.0 Å². The molecular formula is C31H35ClN2O4. The summed E-state index contributed by atoms with van der Waals surface area (Å²) >= 11 is 6.11. The molecule has 0 saturated heterocycles. The third-order valence-corrected chi connectivity index (χ3v) is 7.16. The van der Waals surface area contributed by atoms with E-state index in [1.807, 2.05) is 54.6 Å². The van der Waals surface area contributed by atoms with E-state index in [0.29, 0.717) is 22.9 Å². The summed E-state index contributed by atoms with van der Waals surface area (Å²) < 4.78 is 11.3. The first kappa shape index (κ1) is 27.5. The van der Waals surface area contributed by atoms with Gasteiger partial charge in [-0.05, 0) is 48.2 Å². The van der Waals surface area contributed by atoms with Gasteiger partial charge in [0.15, 0.2) is 18.1 Å². The molecule has 0 radical (unpaired) electrons. The zero-order valence-corrected chi connectivity index (χ0v) is 22.5. The average Bonchev–Trinajstić information content (AvgIpc) is 2.95. The number of para-hydroxylation sites is 2. The molecule has 3 aromatic carbocycles. The van der Waals surface area contributed by atoms with Gasteiger partial charge in [0.2, 0.25) is 5.91 Å². The predicted octanol–water partition coefficient (Wildman–Crippen LogP) is 5.82. The molecule has 1 saturated carbocycles. The smallest absolute Gasteiger partial charge is 0.261 e. The van der Waals surface area contributed by atoms with Crippen LogP contribution in [-0.2, 0) is 22.6 Å². The summed E-state index contributed by atoms with van der Waals surface area (Å²) in [6.07, 6.45) is 5.73. The van der Waals surface area contributed by atoms with Gasteiger partial charge < -0.3 is 19.7 Å². The Morgan fingerprint density at radius 2 is 1.55 bits per heavy atom. The number of halogens is 1. The standard InChI is InChI=1S/C31H35ClN2O4/c1-37-28-14-8-9-15-29(28)38-22-30(35)34(21-24-16-18-25(32)19-17-24)27(20-23-10-4-2-5-11-23)31(36)33-26-12-6-3-7-13-26/h2,4-5,8-11,14-19,26-27H,3,6-7,12-13,20-22H2,1H3,(H,33,36)/t27-/m1/s1. The molecule has 0 spiro atoms. The van der Waals surface area contributed by atoms with E-state index >= 15 is 0 Å². The number of methoxy groups -OCH3 is 1. The maximum Gasteiger partial charge on any atom is 0.261 e. The number of amides is 2. The number of carbonyl (C=O) groups is 2. The van der Waals surface area contributed by atoms with Crippen LogP contribution in [0, 0.1) is 0 Å². The van der Waals surface area contributed by atoms with Gasteiger partial charge in [-0.1, -0.05) is 85.5 Å². The maximum atomic E-state index is 13.8. The largest absolute Gasteiger partial charge is 0.493 e. The molecule has 200 valence electrons. The molecule has 2 amide bonds. The molecule has 1 atom stereocenters. The Balaban J connectivity index is 1.61. The summed E-state index contributed by atoms with van der Waals surface area (Å²) in [7, 11) is 1.56. The highest BCUT2D eigenvalue weighted by atomic mass is 35.5. The van der Waals surface area contributed by atoms with Crippen LogP contribution in [0.3, 0.4) is 0 Å². The second-order valence-electron chi connectivity index (χ2n) is 9.64. The molecule has 38 heavy (non-hydrogen) atoms. The van der Waals surface area contributed by atoms with Crippen molar-refractivity contribution in [1.29, 1.82) is 0 Å². The molecule has 4 rings (SSSR count). The molecule has 1 aliphatic rings. The van der Waals surface area contributed by atoms with Crippen molar-refractivity contribution < 1.29 is 19.1 Å². The van der Waals surface area contributed by atoms with Crippen LogP contribution in [0.2, 0.25) is 5.02 Å². The third kappa shape index (κ3) is 7.75. The van der Waals surface area contributed by atoms with Crippen molar-refractivity contribution >= 4 is 23.4 Å². The topological polar surface area (TPSA) is 67.9 Å². The molecule has 3 aromatic rings. The van der Waals surface area contributed by atoms with E-state index in [1.54, 1.807) is 36.3 Å². The van der Waals surface area contributed by atoms with E-state index in [9.17, 15) is 9.59 Å². The third-order valence-electron chi connectivity index (χ3n) is 6.91. The maximum absolute atomic E-state index is 13.8.